The molecule has 3 aromatic rings. The molecule has 192 valence electrons. The molecule has 3 aromatic carbocycles. The molecule has 38 heavy (non-hydrogen) atoms. The van der Waals surface area contributed by atoms with Crippen LogP contribution in [0.25, 0.3) is 0 Å². The summed E-state index contributed by atoms with van der Waals surface area (Å²) in [6.45, 7) is 0.930. The molecule has 2 bridgehead atoms. The number of amides is 3. The van der Waals surface area contributed by atoms with Crippen LogP contribution >= 0.6 is 0 Å². The largest absolute Gasteiger partial charge is 0.497 e. The number of methoxy groups -OCH3 is 1. The first-order valence-electron chi connectivity index (χ1n) is 12.6. The number of carbonyl (C=O) groups excluding carboxylic acids is 4. The summed E-state index contributed by atoms with van der Waals surface area (Å²) in [5.74, 6) is -3.10. The minimum absolute atomic E-state index is 0.252. The van der Waals surface area contributed by atoms with Gasteiger partial charge in [-0.25, -0.2) is 4.79 Å². The van der Waals surface area contributed by atoms with Gasteiger partial charge in [0.25, 0.3) is 5.91 Å². The summed E-state index contributed by atoms with van der Waals surface area (Å²) in [5, 5.41) is 2.64. The highest BCUT2D eigenvalue weighted by atomic mass is 16.5. The first-order chi connectivity index (χ1) is 18.4. The van der Waals surface area contributed by atoms with Crippen molar-refractivity contribution in [1.82, 2.24) is 4.90 Å². The fourth-order valence-electron chi connectivity index (χ4n) is 6.32. The summed E-state index contributed by atoms with van der Waals surface area (Å²) >= 11 is 0. The average Bonchev–Trinajstić information content (AvgIpc) is 3.21. The molecule has 0 radical (unpaired) electrons. The third-order valence-electron chi connectivity index (χ3n) is 7.93. The van der Waals surface area contributed by atoms with Crippen LogP contribution in [0.2, 0.25) is 0 Å². The molecule has 0 spiro atoms. The summed E-state index contributed by atoms with van der Waals surface area (Å²) in [6.07, 6.45) is 0. The minimum atomic E-state index is -1.15. The van der Waals surface area contributed by atoms with Crippen molar-refractivity contribution in [2.45, 2.75) is 24.8 Å². The van der Waals surface area contributed by atoms with Gasteiger partial charge in [-0.05, 0) is 53.4 Å². The third-order valence-corrected chi connectivity index (χ3v) is 7.93. The van der Waals surface area contributed by atoms with Crippen LogP contribution in [-0.4, -0.2) is 48.3 Å². The molecule has 8 nitrogen and oxygen atoms in total. The van der Waals surface area contributed by atoms with E-state index < -0.39 is 36.4 Å². The summed E-state index contributed by atoms with van der Waals surface area (Å²) in [6, 6.07) is 21.5. The van der Waals surface area contributed by atoms with Crippen LogP contribution in [-0.2, 0) is 23.9 Å². The van der Waals surface area contributed by atoms with Crippen molar-refractivity contribution >= 4 is 29.4 Å². The van der Waals surface area contributed by atoms with Gasteiger partial charge in [-0.3, -0.25) is 19.3 Å². The van der Waals surface area contributed by atoms with Crippen LogP contribution in [0.3, 0.4) is 0 Å². The summed E-state index contributed by atoms with van der Waals surface area (Å²) < 4.78 is 10.3. The van der Waals surface area contributed by atoms with Crippen LogP contribution in [0.15, 0.2) is 72.8 Å². The van der Waals surface area contributed by atoms with Gasteiger partial charge in [-0.2, -0.15) is 0 Å². The average molecular weight is 511 g/mol. The number of hydrogen-bond donors (Lipinski definition) is 1. The van der Waals surface area contributed by atoms with Gasteiger partial charge in [-0.15, -0.1) is 0 Å². The Bertz CT molecular complexity index is 1350. The zero-order valence-electron chi connectivity index (χ0n) is 20.9. The van der Waals surface area contributed by atoms with Crippen molar-refractivity contribution < 1.29 is 28.7 Å². The monoisotopic (exact) mass is 510 g/mol. The van der Waals surface area contributed by atoms with Gasteiger partial charge in [0.1, 0.15) is 11.8 Å². The Morgan fingerprint density at radius 1 is 0.816 bits per heavy atom. The van der Waals surface area contributed by atoms with E-state index in [1.807, 2.05) is 48.5 Å². The number of benzene rings is 3. The fraction of sp³-hybridized carbons (Fsp3) is 0.267. The van der Waals surface area contributed by atoms with E-state index in [1.54, 1.807) is 31.4 Å². The van der Waals surface area contributed by atoms with Crippen LogP contribution in [0.5, 0.6) is 5.75 Å². The number of nitrogens with one attached hydrogen (secondary N) is 1. The lowest BCUT2D eigenvalue weighted by Gasteiger charge is -2.45. The van der Waals surface area contributed by atoms with Gasteiger partial charge in [0.15, 0.2) is 6.61 Å². The quantitative estimate of drug-likeness (QED) is 0.403. The van der Waals surface area contributed by atoms with E-state index in [0.717, 1.165) is 27.2 Å². The van der Waals surface area contributed by atoms with Crippen LogP contribution < -0.4 is 10.1 Å². The van der Waals surface area contributed by atoms with Gasteiger partial charge in [0.05, 0.1) is 18.9 Å². The highest BCUT2D eigenvalue weighted by Gasteiger charge is 2.62. The first-order valence-corrected chi connectivity index (χ1v) is 12.6. The van der Waals surface area contributed by atoms with E-state index in [4.69, 9.17) is 9.47 Å². The normalized spacial score (nSPS) is 23.3. The van der Waals surface area contributed by atoms with E-state index in [1.165, 1.54) is 6.92 Å². The molecule has 3 amide bonds. The first kappa shape index (κ1) is 23.9. The van der Waals surface area contributed by atoms with Crippen molar-refractivity contribution in [2.24, 2.45) is 11.8 Å². The summed E-state index contributed by atoms with van der Waals surface area (Å²) in [7, 11) is 1.54. The van der Waals surface area contributed by atoms with Gasteiger partial charge in [0, 0.05) is 17.5 Å². The Kier molecular flexibility index (Phi) is 5.75. The molecule has 3 aliphatic carbocycles. The van der Waals surface area contributed by atoms with Gasteiger partial charge in [0.2, 0.25) is 11.8 Å². The molecule has 4 aliphatic rings. The lowest BCUT2D eigenvalue weighted by molar-refractivity contribution is -0.159. The molecule has 1 N–H and O–H groups in total. The van der Waals surface area contributed by atoms with Crippen molar-refractivity contribution in [1.29, 1.82) is 0 Å². The standard InChI is InChI=1S/C30H26N2O6/c1-16(30(36)38-15-23(33)31-17-11-13-18(37-2)14-12-17)32-28(34)26-24-19-7-3-4-8-20(19)25(27(26)29(32)35)22-10-6-5-9-21(22)24/h3-14,16,24-27H,15H2,1-2H3,(H,31,33)/t16-,24?,25?,26-,27+/m0/s1. The number of imide groups is 1. The van der Waals surface area contributed by atoms with E-state index in [2.05, 4.69) is 5.32 Å². The zero-order valence-corrected chi connectivity index (χ0v) is 20.9. The van der Waals surface area contributed by atoms with E-state index >= 15 is 0 Å². The number of hydrogen-bond acceptors (Lipinski definition) is 6. The zero-order chi connectivity index (χ0) is 26.6. The van der Waals surface area contributed by atoms with E-state index in [-0.39, 0.29) is 23.7 Å². The number of rotatable bonds is 6. The second kappa shape index (κ2) is 9.13. The number of ether oxygens (including phenoxy) is 2. The molecular weight excluding hydrogens is 484 g/mol. The lowest BCUT2D eigenvalue weighted by Crippen LogP contribution is -2.45. The SMILES string of the molecule is COc1ccc(NC(=O)COC(=O)[C@H](C)N2C(=O)[C@@H]3C4c5ccccc5C(c5ccccc54)[C@@H]3C2=O)cc1. The third kappa shape index (κ3) is 3.59. The fourth-order valence-corrected chi connectivity index (χ4v) is 6.32. The number of likely N-dealkylation sites (tertiary alicyclic amines) is 1. The van der Waals surface area contributed by atoms with Crippen molar-refractivity contribution in [3.05, 3.63) is 95.1 Å². The van der Waals surface area contributed by atoms with E-state index in [9.17, 15) is 19.2 Å². The number of esters is 1. The highest BCUT2D eigenvalue weighted by Crippen LogP contribution is 2.61. The lowest BCUT2D eigenvalue weighted by atomic mass is 9.55. The Balaban J connectivity index is 1.19. The topological polar surface area (TPSA) is 102 Å². The molecule has 1 fully saturated rings. The Labute approximate surface area is 219 Å². The van der Waals surface area contributed by atoms with E-state index in [0.29, 0.717) is 11.4 Å². The predicted octanol–water partition coefficient (Wildman–Crippen LogP) is 3.46. The molecule has 1 aliphatic heterocycles. The molecular formula is C30H26N2O6. The summed E-state index contributed by atoms with van der Waals surface area (Å²) in [5.41, 5.74) is 4.76. The maximum Gasteiger partial charge on any atom is 0.329 e. The number of carbonyl (C=O) groups is 4. The van der Waals surface area contributed by atoms with Crippen molar-refractivity contribution in [2.75, 3.05) is 19.0 Å². The van der Waals surface area contributed by atoms with Gasteiger partial charge >= 0.3 is 5.97 Å². The maximum absolute atomic E-state index is 13.7. The van der Waals surface area contributed by atoms with Crippen molar-refractivity contribution in [3.8, 4) is 5.75 Å². The Morgan fingerprint density at radius 2 is 1.29 bits per heavy atom. The molecule has 8 heteroatoms. The second-order valence-electron chi connectivity index (χ2n) is 9.87. The molecule has 1 saturated heterocycles. The number of nitrogens with zero attached hydrogens (tertiary/aromatic N) is 1. The molecule has 0 saturated carbocycles. The smallest absolute Gasteiger partial charge is 0.329 e. The van der Waals surface area contributed by atoms with Gasteiger partial charge in [-0.1, -0.05) is 48.5 Å². The van der Waals surface area contributed by atoms with Crippen molar-refractivity contribution in [3.63, 3.8) is 0 Å². The molecule has 0 aromatic heterocycles. The Morgan fingerprint density at radius 3 is 1.74 bits per heavy atom. The minimum Gasteiger partial charge on any atom is -0.497 e. The molecule has 7 rings (SSSR count). The molecule has 0 unspecified atom stereocenters. The molecule has 3 atom stereocenters. The Hall–Kier alpha value is -4.46. The molecule has 1 heterocycles. The van der Waals surface area contributed by atoms with Crippen LogP contribution in [0, 0.1) is 11.8 Å². The second-order valence-corrected chi connectivity index (χ2v) is 9.87. The summed E-state index contributed by atoms with van der Waals surface area (Å²) in [4.78, 5) is 53.8. The predicted molar refractivity (Wildman–Crippen MR) is 137 cm³/mol. The maximum atomic E-state index is 13.7. The van der Waals surface area contributed by atoms with Gasteiger partial charge < -0.3 is 14.8 Å². The van der Waals surface area contributed by atoms with Crippen LogP contribution in [0.4, 0.5) is 5.69 Å². The van der Waals surface area contributed by atoms with Crippen LogP contribution in [0.1, 0.15) is 41.0 Å². The highest BCUT2D eigenvalue weighted by molar-refractivity contribution is 6.10. The number of anilines is 1.